The second kappa shape index (κ2) is 6.78. The van der Waals surface area contributed by atoms with Crippen molar-refractivity contribution in [3.05, 3.63) is 64.1 Å². The molecular formula is C20H10F6N2S. The number of nitriles is 2. The molecule has 0 radical (unpaired) electrons. The summed E-state index contributed by atoms with van der Waals surface area (Å²) < 4.78 is 86.1. The van der Waals surface area contributed by atoms with E-state index < -0.39 is 40.1 Å². The topological polar surface area (TPSA) is 47.6 Å². The van der Waals surface area contributed by atoms with Gasteiger partial charge in [0, 0.05) is 20.9 Å². The number of aryl methyl sites for hydroxylation is 1. The first-order valence-electron chi connectivity index (χ1n) is 8.05. The third-order valence-corrected chi connectivity index (χ3v) is 5.58. The van der Waals surface area contributed by atoms with Gasteiger partial charge in [0.15, 0.2) is 0 Å². The molecule has 2 aromatic rings. The largest absolute Gasteiger partial charge is 0.380 e. The first-order valence-corrected chi connectivity index (χ1v) is 8.87. The van der Waals surface area contributed by atoms with Gasteiger partial charge in [0.2, 0.25) is 0 Å². The third-order valence-electron chi connectivity index (χ3n) is 4.49. The Morgan fingerprint density at radius 3 is 2.10 bits per heavy atom. The predicted octanol–water partition coefficient (Wildman–Crippen LogP) is 6.37. The van der Waals surface area contributed by atoms with Gasteiger partial charge in [-0.2, -0.15) is 36.9 Å². The van der Waals surface area contributed by atoms with Crippen molar-refractivity contribution in [2.75, 3.05) is 0 Å². The fourth-order valence-electron chi connectivity index (χ4n) is 3.04. The van der Waals surface area contributed by atoms with Gasteiger partial charge in [-0.05, 0) is 30.2 Å². The number of halogens is 6. The molecule has 0 saturated carbocycles. The molecular weight excluding hydrogens is 414 g/mol. The molecule has 1 aromatic carbocycles. The average molecular weight is 424 g/mol. The minimum Gasteiger partial charge on any atom is -0.194 e. The number of benzene rings is 1. The van der Waals surface area contributed by atoms with Crippen LogP contribution in [0.1, 0.15) is 10.4 Å². The fraction of sp³-hybridized carbons (Fsp3) is 0.200. The lowest BCUT2D eigenvalue weighted by Crippen LogP contribution is -2.49. The Bertz CT molecular complexity index is 1100. The van der Waals surface area contributed by atoms with Gasteiger partial charge in [-0.15, -0.1) is 11.3 Å². The molecule has 0 atom stereocenters. The zero-order chi connectivity index (χ0) is 21.6. The summed E-state index contributed by atoms with van der Waals surface area (Å²) in [7, 11) is 0. The summed E-state index contributed by atoms with van der Waals surface area (Å²) in [5.74, 6) is -16.2. The van der Waals surface area contributed by atoms with Gasteiger partial charge in [-0.1, -0.05) is 30.3 Å². The first-order chi connectivity index (χ1) is 13.5. The number of hydrogen-bond donors (Lipinski definition) is 0. The summed E-state index contributed by atoms with van der Waals surface area (Å²) in [5, 5.41) is 17.6. The van der Waals surface area contributed by atoms with E-state index in [1.807, 2.05) is 0 Å². The quantitative estimate of drug-likeness (QED) is 0.425. The molecule has 0 aliphatic heterocycles. The van der Waals surface area contributed by atoms with E-state index in [-0.39, 0.29) is 11.0 Å². The van der Waals surface area contributed by atoms with Crippen molar-refractivity contribution in [3.63, 3.8) is 0 Å². The highest BCUT2D eigenvalue weighted by molar-refractivity contribution is 7.15. The Morgan fingerprint density at radius 2 is 1.55 bits per heavy atom. The van der Waals surface area contributed by atoms with Crippen LogP contribution >= 0.6 is 11.3 Å². The van der Waals surface area contributed by atoms with E-state index in [0.29, 0.717) is 10.4 Å². The maximum Gasteiger partial charge on any atom is 0.380 e. The van der Waals surface area contributed by atoms with Crippen LogP contribution in [0.25, 0.3) is 16.0 Å². The standard InChI is InChI=1S/C20H10F6N2S/c1-11-14(8-16(29-11)13-5-3-2-4-6-13)17-15(7-12(9-27)10-28)18(21,22)20(25,26)19(17,23)24/h2-8H,1H3. The Kier molecular flexibility index (Phi) is 4.84. The number of rotatable bonds is 3. The van der Waals surface area contributed by atoms with E-state index >= 15 is 0 Å². The summed E-state index contributed by atoms with van der Waals surface area (Å²) in [5.41, 5.74) is -4.17. The van der Waals surface area contributed by atoms with E-state index in [4.69, 9.17) is 10.5 Å². The van der Waals surface area contributed by atoms with Crippen molar-refractivity contribution in [2.24, 2.45) is 0 Å². The van der Waals surface area contributed by atoms with Crippen LogP contribution in [0.15, 0.2) is 53.6 Å². The smallest absolute Gasteiger partial charge is 0.194 e. The van der Waals surface area contributed by atoms with Crippen molar-refractivity contribution in [2.45, 2.75) is 24.7 Å². The van der Waals surface area contributed by atoms with E-state index in [1.54, 1.807) is 30.3 Å². The molecule has 0 bridgehead atoms. The molecule has 1 aromatic heterocycles. The van der Waals surface area contributed by atoms with Gasteiger partial charge in [-0.3, -0.25) is 0 Å². The predicted molar refractivity (Wildman–Crippen MR) is 95.6 cm³/mol. The summed E-state index contributed by atoms with van der Waals surface area (Å²) in [6, 6.07) is 12.0. The van der Waals surface area contributed by atoms with Crippen LogP contribution < -0.4 is 0 Å². The van der Waals surface area contributed by atoms with Crippen molar-refractivity contribution in [1.29, 1.82) is 10.5 Å². The normalized spacial score (nSPS) is 18.8. The molecule has 0 fully saturated rings. The van der Waals surface area contributed by atoms with Gasteiger partial charge in [0.05, 0.1) is 0 Å². The van der Waals surface area contributed by atoms with Crippen molar-refractivity contribution >= 4 is 16.9 Å². The average Bonchev–Trinajstić information content (AvgIpc) is 3.09. The lowest BCUT2D eigenvalue weighted by molar-refractivity contribution is -0.259. The minimum atomic E-state index is -5.72. The van der Waals surface area contributed by atoms with Crippen LogP contribution in [0.2, 0.25) is 0 Å². The molecule has 0 unspecified atom stereocenters. The monoisotopic (exact) mass is 424 g/mol. The molecule has 29 heavy (non-hydrogen) atoms. The van der Waals surface area contributed by atoms with Gasteiger partial charge >= 0.3 is 17.8 Å². The molecule has 148 valence electrons. The van der Waals surface area contributed by atoms with Crippen LogP contribution in [-0.2, 0) is 0 Å². The maximum atomic E-state index is 14.6. The van der Waals surface area contributed by atoms with Crippen LogP contribution in [0.3, 0.4) is 0 Å². The highest BCUT2D eigenvalue weighted by atomic mass is 32.1. The minimum absolute atomic E-state index is 0.115. The van der Waals surface area contributed by atoms with Crippen molar-refractivity contribution in [1.82, 2.24) is 0 Å². The third kappa shape index (κ3) is 2.93. The Morgan fingerprint density at radius 1 is 0.966 bits per heavy atom. The van der Waals surface area contributed by atoms with E-state index in [2.05, 4.69) is 0 Å². The van der Waals surface area contributed by atoms with Crippen LogP contribution in [0, 0.1) is 29.6 Å². The maximum absolute atomic E-state index is 14.6. The van der Waals surface area contributed by atoms with Gasteiger partial charge < -0.3 is 0 Å². The zero-order valence-electron chi connectivity index (χ0n) is 14.6. The fourth-order valence-corrected chi connectivity index (χ4v) is 4.07. The molecule has 1 heterocycles. The lowest BCUT2D eigenvalue weighted by Gasteiger charge is -2.25. The number of allylic oxidation sites excluding steroid dienone is 4. The molecule has 0 N–H and O–H groups in total. The molecule has 0 amide bonds. The second-order valence-electron chi connectivity index (χ2n) is 6.24. The number of alkyl halides is 6. The van der Waals surface area contributed by atoms with Crippen LogP contribution in [0.5, 0.6) is 0 Å². The zero-order valence-corrected chi connectivity index (χ0v) is 15.4. The summed E-state index contributed by atoms with van der Waals surface area (Å²) in [6.07, 6.45) is 0.115. The van der Waals surface area contributed by atoms with Crippen molar-refractivity contribution < 1.29 is 26.3 Å². The second-order valence-corrected chi connectivity index (χ2v) is 7.50. The number of nitrogens with zero attached hydrogens (tertiary/aromatic N) is 2. The van der Waals surface area contributed by atoms with Gasteiger partial charge in [0.25, 0.3) is 0 Å². The Labute approximate surface area is 165 Å². The number of hydrogen-bond acceptors (Lipinski definition) is 3. The molecule has 3 rings (SSSR count). The van der Waals surface area contributed by atoms with Crippen molar-refractivity contribution in [3.8, 4) is 22.6 Å². The van der Waals surface area contributed by atoms with E-state index in [9.17, 15) is 26.3 Å². The summed E-state index contributed by atoms with van der Waals surface area (Å²) >= 11 is 0.980. The van der Waals surface area contributed by atoms with Crippen LogP contribution in [0.4, 0.5) is 26.3 Å². The molecule has 0 saturated heterocycles. The van der Waals surface area contributed by atoms with Gasteiger partial charge in [-0.25, -0.2) is 0 Å². The summed E-state index contributed by atoms with van der Waals surface area (Å²) in [4.78, 5) is 0.539. The lowest BCUT2D eigenvalue weighted by atomic mass is 9.98. The highest BCUT2D eigenvalue weighted by Gasteiger charge is 2.79. The molecule has 0 spiro atoms. The molecule has 1 aliphatic rings. The Balaban J connectivity index is 2.34. The molecule has 9 heteroatoms. The molecule has 1 aliphatic carbocycles. The Hall–Kier alpha value is -3.04. The number of thiophene rings is 1. The van der Waals surface area contributed by atoms with Gasteiger partial charge in [0.1, 0.15) is 17.7 Å². The van der Waals surface area contributed by atoms with Crippen LogP contribution in [-0.4, -0.2) is 17.8 Å². The SMILES string of the molecule is Cc1sc(-c2ccccc2)cc1C1=C(C=C(C#N)C#N)C(F)(F)C(F)(F)C1(F)F. The molecule has 2 nitrogen and oxygen atoms in total. The first kappa shape index (κ1) is 20.7. The summed E-state index contributed by atoms with van der Waals surface area (Å²) in [6.45, 7) is 1.35. The van der Waals surface area contributed by atoms with E-state index in [1.165, 1.54) is 19.1 Å². The highest BCUT2D eigenvalue weighted by Crippen LogP contribution is 2.63. The van der Waals surface area contributed by atoms with E-state index in [0.717, 1.165) is 17.4 Å².